The number of hydrogen-bond donors (Lipinski definition) is 0. The van der Waals surface area contributed by atoms with Crippen LogP contribution < -0.4 is 4.90 Å². The Morgan fingerprint density at radius 2 is 1.64 bits per heavy atom. The molecule has 7 heteroatoms. The number of aryl methyl sites for hydroxylation is 1. The standard InChI is InChI=1S/C32H30N6O/c1-36-22-25(21-35-36)24-18-28(27-8-5-13-33-29(27)19-24)23-9-10-30(34-20-23)37-14-16-38(17-15-37)31(39)32(11-12-32)26-6-3-2-4-7-26/h2-10,13,18-22H,11-12,14-17H2,1H3. The Morgan fingerprint density at radius 3 is 2.33 bits per heavy atom. The van der Waals surface area contributed by atoms with Crippen LogP contribution in [-0.2, 0) is 17.3 Å². The Labute approximate surface area is 227 Å². The fourth-order valence-corrected chi connectivity index (χ4v) is 5.84. The Hall–Kier alpha value is -4.52. The highest BCUT2D eigenvalue weighted by Gasteiger charge is 2.53. The van der Waals surface area contributed by atoms with Crippen LogP contribution in [0.1, 0.15) is 18.4 Å². The number of aromatic nitrogens is 4. The predicted octanol–water partition coefficient (Wildman–Crippen LogP) is 5.08. The first kappa shape index (κ1) is 23.6. The lowest BCUT2D eigenvalue weighted by atomic mass is 9.94. The number of carbonyl (C=O) groups excluding carboxylic acids is 1. The minimum absolute atomic E-state index is 0.283. The van der Waals surface area contributed by atoms with E-state index in [1.54, 1.807) is 0 Å². The summed E-state index contributed by atoms with van der Waals surface area (Å²) in [5.74, 6) is 1.23. The first-order valence-corrected chi connectivity index (χ1v) is 13.5. The number of fused-ring (bicyclic) bond motifs is 1. The van der Waals surface area contributed by atoms with Crippen LogP contribution in [0.4, 0.5) is 5.82 Å². The van der Waals surface area contributed by atoms with Crippen LogP contribution in [0, 0.1) is 0 Å². The summed E-state index contributed by atoms with van der Waals surface area (Å²) in [4.78, 5) is 27.3. The van der Waals surface area contributed by atoms with Crippen molar-refractivity contribution in [3.05, 3.63) is 97.1 Å². The fourth-order valence-electron chi connectivity index (χ4n) is 5.84. The Bertz CT molecular complexity index is 1650. The third kappa shape index (κ3) is 4.24. The maximum absolute atomic E-state index is 13.4. The lowest BCUT2D eigenvalue weighted by Crippen LogP contribution is -2.51. The highest BCUT2D eigenvalue weighted by Crippen LogP contribution is 2.49. The second-order valence-electron chi connectivity index (χ2n) is 10.6. The number of benzene rings is 2. The van der Waals surface area contributed by atoms with Gasteiger partial charge in [-0.2, -0.15) is 5.10 Å². The molecule has 7 nitrogen and oxygen atoms in total. The Balaban J connectivity index is 1.09. The van der Waals surface area contributed by atoms with Crippen molar-refractivity contribution in [1.82, 2.24) is 24.6 Å². The van der Waals surface area contributed by atoms with Crippen molar-refractivity contribution in [3.8, 4) is 22.3 Å². The number of pyridine rings is 2. The van der Waals surface area contributed by atoms with Gasteiger partial charge in [0, 0.05) is 68.3 Å². The number of carbonyl (C=O) groups is 1. The number of rotatable bonds is 5. The SMILES string of the molecule is Cn1cc(-c2cc(-c3ccc(N4CCN(C(=O)C5(c6ccccc6)CC5)CC4)nc3)c3cccnc3c2)cn1. The van der Waals surface area contributed by atoms with Crippen LogP contribution in [-0.4, -0.2) is 56.7 Å². The molecule has 1 saturated carbocycles. The van der Waals surface area contributed by atoms with Crippen LogP contribution >= 0.6 is 0 Å². The number of hydrogen-bond acceptors (Lipinski definition) is 5. The largest absolute Gasteiger partial charge is 0.353 e. The summed E-state index contributed by atoms with van der Waals surface area (Å²) < 4.78 is 1.81. The molecule has 3 aromatic heterocycles. The molecular formula is C32H30N6O. The van der Waals surface area contributed by atoms with E-state index < -0.39 is 0 Å². The molecule has 4 heterocycles. The molecule has 1 amide bonds. The van der Waals surface area contributed by atoms with Crippen molar-refractivity contribution in [1.29, 1.82) is 0 Å². The molecule has 5 aromatic rings. The molecule has 0 unspecified atom stereocenters. The van der Waals surface area contributed by atoms with Gasteiger partial charge in [0.05, 0.1) is 17.1 Å². The molecule has 194 valence electrons. The average molecular weight is 515 g/mol. The van der Waals surface area contributed by atoms with Crippen molar-refractivity contribution in [2.45, 2.75) is 18.3 Å². The molecule has 39 heavy (non-hydrogen) atoms. The van der Waals surface area contributed by atoms with Crippen LogP contribution in [0.5, 0.6) is 0 Å². The predicted molar refractivity (Wildman–Crippen MR) is 153 cm³/mol. The Morgan fingerprint density at radius 1 is 0.821 bits per heavy atom. The van der Waals surface area contributed by atoms with Gasteiger partial charge in [-0.05, 0) is 59.9 Å². The molecule has 2 aromatic carbocycles. The van der Waals surface area contributed by atoms with E-state index in [1.165, 1.54) is 0 Å². The van der Waals surface area contributed by atoms with Gasteiger partial charge < -0.3 is 9.80 Å². The zero-order chi connectivity index (χ0) is 26.4. The highest BCUT2D eigenvalue weighted by molar-refractivity contribution is 5.98. The van der Waals surface area contributed by atoms with E-state index in [0.29, 0.717) is 0 Å². The van der Waals surface area contributed by atoms with Crippen molar-refractivity contribution in [2.24, 2.45) is 7.05 Å². The summed E-state index contributed by atoms with van der Waals surface area (Å²) in [6, 6.07) is 22.9. The van der Waals surface area contributed by atoms with E-state index in [-0.39, 0.29) is 11.3 Å². The summed E-state index contributed by atoms with van der Waals surface area (Å²) in [6.45, 7) is 3.01. The van der Waals surface area contributed by atoms with E-state index in [4.69, 9.17) is 4.98 Å². The molecule has 0 spiro atoms. The van der Waals surface area contributed by atoms with Crippen molar-refractivity contribution in [3.63, 3.8) is 0 Å². The number of nitrogens with zero attached hydrogens (tertiary/aromatic N) is 6. The summed E-state index contributed by atoms with van der Waals surface area (Å²) in [7, 11) is 1.93. The first-order chi connectivity index (χ1) is 19.1. The van der Waals surface area contributed by atoms with E-state index in [9.17, 15) is 4.79 Å². The van der Waals surface area contributed by atoms with Crippen LogP contribution in [0.3, 0.4) is 0 Å². The molecule has 1 saturated heterocycles. The molecule has 1 aliphatic heterocycles. The fraction of sp³-hybridized carbons (Fsp3) is 0.250. The van der Waals surface area contributed by atoms with Crippen molar-refractivity contribution in [2.75, 3.05) is 31.1 Å². The summed E-state index contributed by atoms with van der Waals surface area (Å²) in [5, 5.41) is 5.44. The maximum atomic E-state index is 13.4. The van der Waals surface area contributed by atoms with Crippen LogP contribution in [0.15, 0.2) is 91.5 Å². The van der Waals surface area contributed by atoms with Gasteiger partial charge in [-0.25, -0.2) is 4.98 Å². The van der Waals surface area contributed by atoms with Crippen LogP contribution in [0.25, 0.3) is 33.2 Å². The average Bonchev–Trinajstić information content (AvgIpc) is 3.70. The quantitative estimate of drug-likeness (QED) is 0.327. The normalized spacial score (nSPS) is 16.4. The summed E-state index contributed by atoms with van der Waals surface area (Å²) in [6.07, 6.45) is 9.58. The van der Waals surface area contributed by atoms with Gasteiger partial charge in [0.2, 0.25) is 5.91 Å². The zero-order valence-electron chi connectivity index (χ0n) is 22.0. The van der Waals surface area contributed by atoms with Crippen molar-refractivity contribution < 1.29 is 4.79 Å². The van der Waals surface area contributed by atoms with E-state index in [1.807, 2.05) is 65.7 Å². The van der Waals surface area contributed by atoms with Gasteiger partial charge in [-0.1, -0.05) is 36.4 Å². The molecule has 0 radical (unpaired) electrons. The van der Waals surface area contributed by atoms with Crippen molar-refractivity contribution >= 4 is 22.6 Å². The van der Waals surface area contributed by atoms with E-state index >= 15 is 0 Å². The summed E-state index contributed by atoms with van der Waals surface area (Å²) in [5.41, 5.74) is 6.10. The number of piperazine rings is 1. The minimum atomic E-state index is -0.300. The molecule has 7 rings (SSSR count). The first-order valence-electron chi connectivity index (χ1n) is 13.5. The molecule has 2 fully saturated rings. The second-order valence-corrected chi connectivity index (χ2v) is 10.6. The second kappa shape index (κ2) is 9.34. The third-order valence-corrected chi connectivity index (χ3v) is 8.19. The molecule has 0 bridgehead atoms. The van der Waals surface area contributed by atoms with Gasteiger partial charge in [0.25, 0.3) is 0 Å². The molecular weight excluding hydrogens is 484 g/mol. The Kier molecular flexibility index (Phi) is 5.65. The van der Waals surface area contributed by atoms with Crippen LogP contribution in [0.2, 0.25) is 0 Å². The van der Waals surface area contributed by atoms with Gasteiger partial charge in [0.15, 0.2) is 0 Å². The third-order valence-electron chi connectivity index (χ3n) is 8.19. The van der Waals surface area contributed by atoms with Gasteiger partial charge in [-0.3, -0.25) is 14.5 Å². The van der Waals surface area contributed by atoms with E-state index in [0.717, 1.165) is 83.6 Å². The molecule has 1 aliphatic carbocycles. The van der Waals surface area contributed by atoms with Gasteiger partial charge >= 0.3 is 0 Å². The molecule has 0 N–H and O–H groups in total. The highest BCUT2D eigenvalue weighted by atomic mass is 16.2. The molecule has 2 aliphatic rings. The zero-order valence-corrected chi connectivity index (χ0v) is 22.0. The molecule has 0 atom stereocenters. The lowest BCUT2D eigenvalue weighted by molar-refractivity contribution is -0.134. The van der Waals surface area contributed by atoms with Gasteiger partial charge in [-0.15, -0.1) is 0 Å². The number of anilines is 1. The van der Waals surface area contributed by atoms with E-state index in [2.05, 4.69) is 57.4 Å². The number of amides is 1. The summed E-state index contributed by atoms with van der Waals surface area (Å²) >= 11 is 0. The van der Waals surface area contributed by atoms with Gasteiger partial charge in [0.1, 0.15) is 5.82 Å². The lowest BCUT2D eigenvalue weighted by Gasteiger charge is -2.37. The monoisotopic (exact) mass is 514 g/mol. The smallest absolute Gasteiger partial charge is 0.233 e. The maximum Gasteiger partial charge on any atom is 0.233 e. The minimum Gasteiger partial charge on any atom is -0.353 e. The topological polar surface area (TPSA) is 67.2 Å².